The van der Waals surface area contributed by atoms with Crippen LogP contribution in [0.5, 0.6) is 0 Å². The predicted molar refractivity (Wildman–Crippen MR) is 115 cm³/mol. The van der Waals surface area contributed by atoms with Crippen LogP contribution in [0.1, 0.15) is 67.7 Å². The monoisotopic (exact) mass is 384 g/mol. The molecule has 1 aliphatic carbocycles. The first kappa shape index (κ1) is 20.8. The van der Waals surface area contributed by atoms with Crippen molar-refractivity contribution in [2.45, 2.75) is 71.4 Å². The van der Waals surface area contributed by atoms with Crippen LogP contribution in [-0.4, -0.2) is 57.7 Å². The van der Waals surface area contributed by atoms with Crippen molar-refractivity contribution in [1.29, 1.82) is 0 Å². The quantitative estimate of drug-likeness (QED) is 0.671. The second kappa shape index (κ2) is 9.55. The van der Waals surface area contributed by atoms with E-state index in [1.165, 1.54) is 29.7 Å². The van der Waals surface area contributed by atoms with Gasteiger partial charge >= 0.3 is 0 Å². The number of carbonyl (C=O) groups excluding carboxylic acids is 1. The molecule has 3 rings (SSSR count). The Labute approximate surface area is 170 Å². The molecular formula is C23H36N4O. The van der Waals surface area contributed by atoms with Crippen LogP contribution >= 0.6 is 0 Å². The van der Waals surface area contributed by atoms with Crippen LogP contribution in [0.25, 0.3) is 0 Å². The van der Waals surface area contributed by atoms with E-state index in [2.05, 4.69) is 31.9 Å². The molecule has 1 atom stereocenters. The summed E-state index contributed by atoms with van der Waals surface area (Å²) in [6, 6.07) is 0.450. The fourth-order valence-corrected chi connectivity index (χ4v) is 4.70. The maximum Gasteiger partial charge on any atom is 0.274 e. The molecule has 0 spiro atoms. The minimum Gasteiger partial charge on any atom is -0.337 e. The summed E-state index contributed by atoms with van der Waals surface area (Å²) in [5.41, 5.74) is 4.29. The summed E-state index contributed by atoms with van der Waals surface area (Å²) in [6.45, 7) is 16.6. The van der Waals surface area contributed by atoms with Gasteiger partial charge in [-0.15, -0.1) is 6.58 Å². The van der Waals surface area contributed by atoms with Crippen LogP contribution in [0, 0.1) is 0 Å². The number of amides is 1. The van der Waals surface area contributed by atoms with Gasteiger partial charge in [0.05, 0.1) is 6.54 Å². The third-order valence-electron chi connectivity index (χ3n) is 6.11. The third-order valence-corrected chi connectivity index (χ3v) is 6.11. The second-order valence-electron chi connectivity index (χ2n) is 8.37. The van der Waals surface area contributed by atoms with Gasteiger partial charge in [-0.2, -0.15) is 5.10 Å². The van der Waals surface area contributed by atoms with E-state index in [0.29, 0.717) is 18.3 Å². The lowest BCUT2D eigenvalue weighted by Crippen LogP contribution is -2.41. The summed E-state index contributed by atoms with van der Waals surface area (Å²) >= 11 is 0. The number of allylic oxidation sites excluding steroid dienone is 1. The van der Waals surface area contributed by atoms with Crippen molar-refractivity contribution < 1.29 is 4.79 Å². The summed E-state index contributed by atoms with van der Waals surface area (Å²) < 4.78 is 2.01. The Hall–Kier alpha value is -1.88. The number of carbonyl (C=O) groups is 1. The highest BCUT2D eigenvalue weighted by atomic mass is 16.2. The molecule has 0 radical (unpaired) electrons. The topological polar surface area (TPSA) is 41.4 Å². The maximum atomic E-state index is 13.4. The third kappa shape index (κ3) is 4.57. The van der Waals surface area contributed by atoms with E-state index in [0.717, 1.165) is 58.3 Å². The molecule has 1 aromatic rings. The number of likely N-dealkylation sites (N-methyl/N-ethyl adjacent to an activating group) is 1. The Balaban J connectivity index is 1.88. The van der Waals surface area contributed by atoms with Gasteiger partial charge in [0, 0.05) is 36.9 Å². The highest BCUT2D eigenvalue weighted by Gasteiger charge is 2.32. The number of hydrogen-bond donors (Lipinski definition) is 0. The molecule has 2 heterocycles. The van der Waals surface area contributed by atoms with E-state index in [-0.39, 0.29) is 5.91 Å². The summed E-state index contributed by atoms with van der Waals surface area (Å²) in [5.74, 6) is 0.129. The van der Waals surface area contributed by atoms with Crippen molar-refractivity contribution in [3.63, 3.8) is 0 Å². The lowest BCUT2D eigenvalue weighted by atomic mass is 9.89. The van der Waals surface area contributed by atoms with E-state index in [9.17, 15) is 4.79 Å². The molecule has 1 aliphatic heterocycles. The van der Waals surface area contributed by atoms with E-state index in [1.807, 2.05) is 15.7 Å². The summed E-state index contributed by atoms with van der Waals surface area (Å²) in [4.78, 5) is 17.9. The van der Waals surface area contributed by atoms with Gasteiger partial charge in [0.2, 0.25) is 0 Å². The average molecular weight is 385 g/mol. The molecule has 0 bridgehead atoms. The number of aromatic nitrogens is 2. The van der Waals surface area contributed by atoms with Crippen molar-refractivity contribution in [3.8, 4) is 0 Å². The van der Waals surface area contributed by atoms with Crippen molar-refractivity contribution in [2.24, 2.45) is 0 Å². The zero-order chi connectivity index (χ0) is 20.1. The summed E-state index contributed by atoms with van der Waals surface area (Å²) in [7, 11) is 0. The van der Waals surface area contributed by atoms with Gasteiger partial charge in [-0.05, 0) is 45.6 Å². The molecule has 1 amide bonds. The van der Waals surface area contributed by atoms with E-state index >= 15 is 0 Å². The van der Waals surface area contributed by atoms with Crippen LogP contribution < -0.4 is 0 Å². The Bertz CT molecular complexity index is 712. The first-order chi connectivity index (χ1) is 13.5. The molecule has 0 aromatic carbocycles. The van der Waals surface area contributed by atoms with Crippen LogP contribution in [0.2, 0.25) is 0 Å². The van der Waals surface area contributed by atoms with Gasteiger partial charge in [-0.1, -0.05) is 38.0 Å². The van der Waals surface area contributed by atoms with Gasteiger partial charge in [-0.3, -0.25) is 14.4 Å². The van der Waals surface area contributed by atoms with Gasteiger partial charge in [0.25, 0.3) is 5.91 Å². The van der Waals surface area contributed by atoms with Crippen molar-refractivity contribution in [1.82, 2.24) is 19.6 Å². The first-order valence-corrected chi connectivity index (χ1v) is 10.9. The van der Waals surface area contributed by atoms with E-state index in [4.69, 9.17) is 5.10 Å². The van der Waals surface area contributed by atoms with Gasteiger partial charge in [-0.25, -0.2) is 0 Å². The molecule has 5 nitrogen and oxygen atoms in total. The predicted octanol–water partition coefficient (Wildman–Crippen LogP) is 3.84. The molecule has 28 heavy (non-hydrogen) atoms. The second-order valence-corrected chi connectivity index (χ2v) is 8.37. The number of hydrogen-bond acceptors (Lipinski definition) is 3. The molecule has 0 N–H and O–H groups in total. The van der Waals surface area contributed by atoms with E-state index in [1.54, 1.807) is 0 Å². The van der Waals surface area contributed by atoms with Crippen molar-refractivity contribution >= 4 is 5.91 Å². The number of likely N-dealkylation sites (tertiary alicyclic amines) is 1. The average Bonchev–Trinajstić information content (AvgIpc) is 2.85. The Morgan fingerprint density at radius 2 is 2.00 bits per heavy atom. The minimum absolute atomic E-state index is 0.129. The van der Waals surface area contributed by atoms with Gasteiger partial charge in [0.1, 0.15) is 0 Å². The van der Waals surface area contributed by atoms with Gasteiger partial charge in [0.15, 0.2) is 5.69 Å². The molecule has 1 fully saturated rings. The number of nitrogens with zero attached hydrogens (tertiary/aromatic N) is 4. The van der Waals surface area contributed by atoms with Crippen molar-refractivity contribution in [3.05, 3.63) is 41.8 Å². The Morgan fingerprint density at radius 3 is 2.61 bits per heavy atom. The smallest absolute Gasteiger partial charge is 0.274 e. The maximum absolute atomic E-state index is 13.4. The Morgan fingerprint density at radius 1 is 1.29 bits per heavy atom. The van der Waals surface area contributed by atoms with E-state index < -0.39 is 0 Å². The number of fused-ring (bicyclic) bond motifs is 1. The number of rotatable bonds is 7. The molecule has 1 unspecified atom stereocenters. The molecular weight excluding hydrogens is 348 g/mol. The molecule has 5 heteroatoms. The van der Waals surface area contributed by atoms with Crippen LogP contribution in [0.4, 0.5) is 0 Å². The molecule has 1 saturated heterocycles. The fourth-order valence-electron chi connectivity index (χ4n) is 4.70. The normalized spacial score (nSPS) is 20.0. The van der Waals surface area contributed by atoms with Crippen LogP contribution in [0.3, 0.4) is 0 Å². The summed E-state index contributed by atoms with van der Waals surface area (Å²) in [6.07, 6.45) is 9.51. The molecule has 1 aromatic heterocycles. The highest BCUT2D eigenvalue weighted by molar-refractivity contribution is 5.94. The minimum atomic E-state index is 0.129. The Kier molecular flexibility index (Phi) is 7.11. The van der Waals surface area contributed by atoms with Crippen molar-refractivity contribution in [2.75, 3.05) is 26.2 Å². The first-order valence-electron chi connectivity index (χ1n) is 10.9. The zero-order valence-electron chi connectivity index (χ0n) is 17.8. The fraction of sp³-hybridized carbons (Fsp3) is 0.652. The zero-order valence-corrected chi connectivity index (χ0v) is 17.8. The molecule has 154 valence electrons. The summed E-state index contributed by atoms with van der Waals surface area (Å²) in [5, 5.41) is 4.79. The lowest BCUT2D eigenvalue weighted by molar-refractivity contribution is 0.0753. The highest BCUT2D eigenvalue weighted by Crippen LogP contribution is 2.29. The standard InChI is InChI=1S/C23H36N4O/c1-5-13-27-21-12-11-19(25(6-2)17-18(3)4)16-20(21)22(24-27)23(28)26-14-9-7-8-10-15-26/h5,19H,1,3,6-17H2,2,4H3. The van der Waals surface area contributed by atoms with Crippen LogP contribution in [-0.2, 0) is 19.4 Å². The van der Waals surface area contributed by atoms with Crippen LogP contribution in [0.15, 0.2) is 24.8 Å². The van der Waals surface area contributed by atoms with Gasteiger partial charge < -0.3 is 4.90 Å². The SMILES string of the molecule is C=CCn1nc(C(=O)N2CCCCCC2)c2c1CCC(N(CC)CC(=C)C)C2. The lowest BCUT2D eigenvalue weighted by Gasteiger charge is -2.34. The molecule has 0 saturated carbocycles. The molecule has 2 aliphatic rings. The largest absolute Gasteiger partial charge is 0.337 e.